The molecular formula is C12H15FN2O. The Kier molecular flexibility index (Phi) is 4.59. The minimum absolute atomic E-state index is 0.226. The van der Waals surface area contributed by atoms with Crippen molar-refractivity contribution in [1.82, 2.24) is 0 Å². The molecule has 16 heavy (non-hydrogen) atoms. The van der Waals surface area contributed by atoms with Crippen molar-refractivity contribution in [2.75, 3.05) is 12.3 Å². The molecule has 0 atom stereocenters. The van der Waals surface area contributed by atoms with Crippen LogP contribution in [0, 0.1) is 24.1 Å². The van der Waals surface area contributed by atoms with E-state index in [0.717, 1.165) is 18.4 Å². The Bertz CT molecular complexity index is 399. The number of hydrogen-bond acceptors (Lipinski definition) is 3. The first-order valence-corrected chi connectivity index (χ1v) is 5.20. The lowest BCUT2D eigenvalue weighted by molar-refractivity contribution is 0.292. The third-order valence-corrected chi connectivity index (χ3v) is 2.26. The number of nitrogens with zero attached hydrogens (tertiary/aromatic N) is 1. The molecule has 3 nitrogen and oxygen atoms in total. The van der Waals surface area contributed by atoms with Gasteiger partial charge in [0.05, 0.1) is 12.7 Å². The van der Waals surface area contributed by atoms with Gasteiger partial charge in [-0.3, -0.25) is 0 Å². The lowest BCUT2D eigenvalue weighted by Gasteiger charge is -2.09. The largest absolute Gasteiger partial charge is 0.491 e. The summed E-state index contributed by atoms with van der Waals surface area (Å²) >= 11 is 0. The van der Waals surface area contributed by atoms with Crippen LogP contribution in [0.25, 0.3) is 0 Å². The second kappa shape index (κ2) is 5.96. The van der Waals surface area contributed by atoms with Gasteiger partial charge in [0.25, 0.3) is 0 Å². The maximum absolute atomic E-state index is 13.3. The highest BCUT2D eigenvalue weighted by Gasteiger charge is 2.06. The fourth-order valence-corrected chi connectivity index (χ4v) is 1.27. The first-order valence-electron chi connectivity index (χ1n) is 5.20. The molecule has 0 unspecified atom stereocenters. The van der Waals surface area contributed by atoms with Crippen LogP contribution in [0.15, 0.2) is 12.1 Å². The van der Waals surface area contributed by atoms with Crippen molar-refractivity contribution in [1.29, 1.82) is 5.26 Å². The van der Waals surface area contributed by atoms with E-state index in [4.69, 9.17) is 15.7 Å². The van der Waals surface area contributed by atoms with Crippen molar-refractivity contribution in [3.05, 3.63) is 23.5 Å². The molecule has 0 aliphatic carbocycles. The van der Waals surface area contributed by atoms with E-state index in [1.165, 1.54) is 6.07 Å². The first-order chi connectivity index (χ1) is 7.65. The van der Waals surface area contributed by atoms with Gasteiger partial charge in [-0.1, -0.05) is 0 Å². The van der Waals surface area contributed by atoms with Gasteiger partial charge in [-0.2, -0.15) is 5.26 Å². The monoisotopic (exact) mass is 222 g/mol. The Morgan fingerprint density at radius 1 is 1.44 bits per heavy atom. The number of nitrogens with two attached hydrogens (primary N) is 1. The molecule has 0 aliphatic heterocycles. The molecule has 0 saturated carbocycles. The first kappa shape index (κ1) is 12.3. The number of halogens is 1. The van der Waals surface area contributed by atoms with Crippen molar-refractivity contribution in [3.8, 4) is 11.8 Å². The Morgan fingerprint density at radius 3 is 2.88 bits per heavy atom. The Hall–Kier alpha value is -1.76. The molecule has 2 N–H and O–H groups in total. The quantitative estimate of drug-likeness (QED) is 0.615. The number of anilines is 1. The molecule has 0 heterocycles. The van der Waals surface area contributed by atoms with Crippen molar-refractivity contribution in [3.63, 3.8) is 0 Å². The summed E-state index contributed by atoms with van der Waals surface area (Å²) in [7, 11) is 0. The van der Waals surface area contributed by atoms with E-state index < -0.39 is 5.82 Å². The molecule has 1 aromatic rings. The van der Waals surface area contributed by atoms with Gasteiger partial charge in [-0.25, -0.2) is 4.39 Å². The van der Waals surface area contributed by atoms with Crippen molar-refractivity contribution in [2.24, 2.45) is 0 Å². The van der Waals surface area contributed by atoms with Crippen LogP contribution in [0.1, 0.15) is 24.8 Å². The number of hydrogen-bond donors (Lipinski definition) is 1. The van der Waals surface area contributed by atoms with Gasteiger partial charge in [0.2, 0.25) is 0 Å². The van der Waals surface area contributed by atoms with Crippen LogP contribution in [0.4, 0.5) is 10.1 Å². The van der Waals surface area contributed by atoms with E-state index in [0.29, 0.717) is 18.7 Å². The van der Waals surface area contributed by atoms with Gasteiger partial charge in [0, 0.05) is 18.2 Å². The maximum Gasteiger partial charge on any atom is 0.167 e. The maximum atomic E-state index is 13.3. The normalized spacial score (nSPS) is 9.81. The minimum Gasteiger partial charge on any atom is -0.491 e. The van der Waals surface area contributed by atoms with Gasteiger partial charge in [0.1, 0.15) is 0 Å². The fraction of sp³-hybridized carbons (Fsp3) is 0.417. The van der Waals surface area contributed by atoms with E-state index in [1.807, 2.05) is 6.07 Å². The third-order valence-electron chi connectivity index (χ3n) is 2.26. The molecule has 1 aromatic carbocycles. The van der Waals surface area contributed by atoms with Crippen LogP contribution >= 0.6 is 0 Å². The summed E-state index contributed by atoms with van der Waals surface area (Å²) in [5.74, 6) is -0.216. The van der Waals surface area contributed by atoms with Gasteiger partial charge in [0.15, 0.2) is 11.6 Å². The zero-order valence-corrected chi connectivity index (χ0v) is 9.29. The molecule has 0 spiro atoms. The smallest absolute Gasteiger partial charge is 0.167 e. The summed E-state index contributed by atoms with van der Waals surface area (Å²) in [5, 5.41) is 8.33. The summed E-state index contributed by atoms with van der Waals surface area (Å²) < 4.78 is 18.6. The highest BCUT2D eigenvalue weighted by atomic mass is 19.1. The summed E-state index contributed by atoms with van der Waals surface area (Å²) in [6.07, 6.45) is 2.02. The SMILES string of the molecule is Cc1cc(OCCCCC#N)c(F)cc1N. The molecule has 1 rings (SSSR count). The predicted octanol–water partition coefficient (Wildman–Crippen LogP) is 2.79. The second-order valence-electron chi connectivity index (χ2n) is 3.60. The van der Waals surface area contributed by atoms with Crippen LogP contribution in [-0.4, -0.2) is 6.61 Å². The van der Waals surface area contributed by atoms with Crippen LogP contribution in [0.2, 0.25) is 0 Å². The topological polar surface area (TPSA) is 59.0 Å². The highest BCUT2D eigenvalue weighted by molar-refractivity contribution is 5.50. The van der Waals surface area contributed by atoms with Gasteiger partial charge < -0.3 is 10.5 Å². The van der Waals surface area contributed by atoms with Crippen LogP contribution in [-0.2, 0) is 0 Å². The van der Waals surface area contributed by atoms with Crippen molar-refractivity contribution >= 4 is 5.69 Å². The fourth-order valence-electron chi connectivity index (χ4n) is 1.27. The second-order valence-corrected chi connectivity index (χ2v) is 3.60. The number of benzene rings is 1. The van der Waals surface area contributed by atoms with E-state index in [1.54, 1.807) is 13.0 Å². The number of nitriles is 1. The van der Waals surface area contributed by atoms with E-state index in [9.17, 15) is 4.39 Å². The zero-order valence-electron chi connectivity index (χ0n) is 9.29. The molecule has 0 aliphatic rings. The lowest BCUT2D eigenvalue weighted by Crippen LogP contribution is -2.01. The summed E-state index contributed by atoms with van der Waals surface area (Å²) in [6.45, 7) is 2.22. The predicted molar refractivity (Wildman–Crippen MR) is 60.5 cm³/mol. The number of aryl methyl sites for hydroxylation is 1. The van der Waals surface area contributed by atoms with Crippen LogP contribution in [0.3, 0.4) is 0 Å². The number of unbranched alkanes of at least 4 members (excludes halogenated alkanes) is 2. The Balaban J connectivity index is 2.48. The average molecular weight is 222 g/mol. The molecule has 4 heteroatoms. The standard InChI is InChI=1S/C12H15FN2O/c1-9-7-12(10(13)8-11(9)15)16-6-4-2-3-5-14/h7-8H,2-4,6,15H2,1H3. The molecule has 0 radical (unpaired) electrons. The molecule has 0 fully saturated rings. The van der Waals surface area contributed by atoms with Gasteiger partial charge in [-0.05, 0) is 31.4 Å². The lowest BCUT2D eigenvalue weighted by atomic mass is 10.2. The zero-order chi connectivity index (χ0) is 12.0. The van der Waals surface area contributed by atoms with Crippen molar-refractivity contribution < 1.29 is 9.13 Å². The molecule has 0 saturated heterocycles. The molecule has 0 aromatic heterocycles. The number of ether oxygens (including phenoxy) is 1. The van der Waals surface area contributed by atoms with Crippen LogP contribution < -0.4 is 10.5 Å². The van der Waals surface area contributed by atoms with E-state index in [2.05, 4.69) is 0 Å². The molecular weight excluding hydrogens is 207 g/mol. The van der Waals surface area contributed by atoms with E-state index in [-0.39, 0.29) is 5.75 Å². The molecule has 0 bridgehead atoms. The Morgan fingerprint density at radius 2 is 2.19 bits per heavy atom. The van der Waals surface area contributed by atoms with Gasteiger partial charge in [-0.15, -0.1) is 0 Å². The Labute approximate surface area is 94.6 Å². The third kappa shape index (κ3) is 3.43. The summed E-state index contributed by atoms with van der Waals surface area (Å²) in [5.41, 5.74) is 6.78. The van der Waals surface area contributed by atoms with Crippen molar-refractivity contribution in [2.45, 2.75) is 26.2 Å². The average Bonchev–Trinajstić information content (AvgIpc) is 2.25. The summed E-state index contributed by atoms with van der Waals surface area (Å²) in [4.78, 5) is 0. The van der Waals surface area contributed by atoms with Gasteiger partial charge >= 0.3 is 0 Å². The molecule has 86 valence electrons. The summed E-state index contributed by atoms with van der Waals surface area (Å²) in [6, 6.07) is 4.90. The molecule has 0 amide bonds. The number of nitrogen functional groups attached to an aromatic ring is 1. The van der Waals surface area contributed by atoms with Crippen LogP contribution in [0.5, 0.6) is 5.75 Å². The number of rotatable bonds is 5. The highest BCUT2D eigenvalue weighted by Crippen LogP contribution is 2.23. The van der Waals surface area contributed by atoms with E-state index >= 15 is 0 Å². The minimum atomic E-state index is -0.441.